The van der Waals surface area contributed by atoms with Crippen molar-refractivity contribution < 1.29 is 9.18 Å². The number of anilines is 1. The molecule has 1 aromatic heterocycles. The molecular weight excluding hydrogens is 497 g/mol. The summed E-state index contributed by atoms with van der Waals surface area (Å²) in [5, 5.41) is 15.9. The van der Waals surface area contributed by atoms with Crippen molar-refractivity contribution in [3.8, 4) is 5.69 Å². The summed E-state index contributed by atoms with van der Waals surface area (Å²) in [6, 6.07) is 18.9. The van der Waals surface area contributed by atoms with Crippen molar-refractivity contribution in [2.24, 2.45) is 0 Å². The molecule has 0 saturated heterocycles. The van der Waals surface area contributed by atoms with Crippen molar-refractivity contribution in [3.63, 3.8) is 0 Å². The van der Waals surface area contributed by atoms with Crippen molar-refractivity contribution in [1.29, 1.82) is 0 Å². The lowest BCUT2D eigenvalue weighted by molar-refractivity contribution is 0.249. The van der Waals surface area contributed by atoms with E-state index in [1.54, 1.807) is 12.1 Å². The molecule has 1 atom stereocenters. The van der Waals surface area contributed by atoms with E-state index in [9.17, 15) is 9.18 Å². The molecule has 0 saturated carbocycles. The first-order valence-corrected chi connectivity index (χ1v) is 13.0. The second kappa shape index (κ2) is 11.6. The van der Waals surface area contributed by atoms with Gasteiger partial charge in [-0.25, -0.2) is 9.18 Å². The summed E-state index contributed by atoms with van der Waals surface area (Å²) in [6.45, 7) is 5.91. The fraction of sp³-hybridized carbons (Fsp3) is 0.222. The quantitative estimate of drug-likeness (QED) is 0.241. The topological polar surface area (TPSA) is 71.8 Å². The Morgan fingerprint density at radius 2 is 1.86 bits per heavy atom. The van der Waals surface area contributed by atoms with E-state index >= 15 is 0 Å². The molecule has 1 unspecified atom stereocenters. The summed E-state index contributed by atoms with van der Waals surface area (Å²) in [5.41, 5.74) is 4.63. The number of hydrogen-bond donors (Lipinski definition) is 2. The third-order valence-corrected chi connectivity index (χ3v) is 6.91. The fourth-order valence-corrected chi connectivity index (χ4v) is 4.80. The predicted molar refractivity (Wildman–Crippen MR) is 143 cm³/mol. The third kappa shape index (κ3) is 6.25. The number of rotatable bonds is 8. The molecule has 4 aromatic rings. The molecule has 36 heavy (non-hydrogen) atoms. The highest BCUT2D eigenvalue weighted by Gasteiger charge is 2.22. The van der Waals surface area contributed by atoms with Crippen molar-refractivity contribution >= 4 is 35.1 Å². The van der Waals surface area contributed by atoms with Crippen molar-refractivity contribution in [2.75, 3.05) is 5.32 Å². The smallest absolute Gasteiger partial charge is 0.319 e. The number of urea groups is 1. The molecule has 2 N–H and O–H groups in total. The number of nitrogens with one attached hydrogen (secondary N) is 2. The minimum absolute atomic E-state index is 0.275. The number of aryl methyl sites for hydroxylation is 2. The largest absolute Gasteiger partial charge is 0.328 e. The van der Waals surface area contributed by atoms with Crippen LogP contribution in [-0.2, 0) is 12.2 Å². The van der Waals surface area contributed by atoms with E-state index < -0.39 is 6.04 Å². The van der Waals surface area contributed by atoms with Gasteiger partial charge in [-0.2, -0.15) is 0 Å². The molecule has 0 bridgehead atoms. The van der Waals surface area contributed by atoms with Crippen LogP contribution in [0.1, 0.15) is 42.4 Å². The molecule has 2 amide bonds. The molecule has 0 spiro atoms. The number of hydrogen-bond acceptors (Lipinski definition) is 4. The van der Waals surface area contributed by atoms with Crippen LogP contribution in [0.5, 0.6) is 0 Å². The molecule has 4 rings (SSSR count). The predicted octanol–water partition coefficient (Wildman–Crippen LogP) is 7.11. The van der Waals surface area contributed by atoms with Crippen LogP contribution in [0.4, 0.5) is 14.9 Å². The van der Waals surface area contributed by atoms with Gasteiger partial charge in [0.05, 0.1) is 11.7 Å². The number of benzene rings is 3. The Kier molecular flexibility index (Phi) is 8.28. The SMILES string of the molecule is CCc1cccc(NC(=O)NC(C)c2nnc(SCc3ccc(F)cc3)n2-c2cc(Cl)ccc2C)c1. The van der Waals surface area contributed by atoms with Gasteiger partial charge in [0.1, 0.15) is 5.82 Å². The first-order valence-electron chi connectivity index (χ1n) is 11.6. The Hall–Kier alpha value is -3.36. The maximum atomic E-state index is 13.3. The Morgan fingerprint density at radius 1 is 1.08 bits per heavy atom. The van der Waals surface area contributed by atoms with Gasteiger partial charge in [-0.1, -0.05) is 60.6 Å². The van der Waals surface area contributed by atoms with Gasteiger partial charge in [-0.05, 0) is 73.4 Å². The average molecular weight is 524 g/mol. The molecule has 0 aliphatic heterocycles. The number of carbonyl (C=O) groups excluding carboxylic acids is 1. The van der Waals surface area contributed by atoms with Crippen LogP contribution in [0.25, 0.3) is 5.69 Å². The Labute approximate surface area is 219 Å². The van der Waals surface area contributed by atoms with E-state index in [-0.39, 0.29) is 11.8 Å². The fourth-order valence-electron chi connectivity index (χ4n) is 3.73. The molecule has 186 valence electrons. The summed E-state index contributed by atoms with van der Waals surface area (Å²) in [7, 11) is 0. The lowest BCUT2D eigenvalue weighted by Gasteiger charge is -2.18. The van der Waals surface area contributed by atoms with Crippen molar-refractivity contribution in [1.82, 2.24) is 20.1 Å². The summed E-state index contributed by atoms with van der Waals surface area (Å²) >= 11 is 7.80. The third-order valence-electron chi connectivity index (χ3n) is 5.68. The number of nitrogens with zero attached hydrogens (tertiary/aromatic N) is 3. The number of halogens is 2. The van der Waals surface area contributed by atoms with Crippen molar-refractivity contribution in [2.45, 2.75) is 44.1 Å². The van der Waals surface area contributed by atoms with Crippen LogP contribution >= 0.6 is 23.4 Å². The van der Waals surface area contributed by atoms with E-state index in [4.69, 9.17) is 11.6 Å². The maximum absolute atomic E-state index is 13.3. The summed E-state index contributed by atoms with van der Waals surface area (Å²) in [4.78, 5) is 12.8. The summed E-state index contributed by atoms with van der Waals surface area (Å²) in [5.74, 6) is 0.872. The minimum atomic E-state index is -0.453. The second-order valence-electron chi connectivity index (χ2n) is 8.40. The van der Waals surface area contributed by atoms with E-state index in [1.807, 2.05) is 60.9 Å². The first kappa shape index (κ1) is 25.7. The van der Waals surface area contributed by atoms with Gasteiger partial charge in [-0.15, -0.1) is 10.2 Å². The molecule has 0 fully saturated rings. The van der Waals surface area contributed by atoms with Gasteiger partial charge in [0, 0.05) is 16.5 Å². The Balaban J connectivity index is 1.59. The zero-order valence-corrected chi connectivity index (χ0v) is 21.8. The van der Waals surface area contributed by atoms with Crippen LogP contribution in [0.2, 0.25) is 5.02 Å². The molecular formula is C27H27ClFN5OS. The van der Waals surface area contributed by atoms with Crippen LogP contribution in [0, 0.1) is 12.7 Å². The van der Waals surface area contributed by atoms with Gasteiger partial charge in [0.2, 0.25) is 0 Å². The summed E-state index contributed by atoms with van der Waals surface area (Å²) in [6.07, 6.45) is 0.883. The minimum Gasteiger partial charge on any atom is -0.328 e. The molecule has 9 heteroatoms. The number of aromatic nitrogens is 3. The van der Waals surface area contributed by atoms with Crippen molar-refractivity contribution in [3.05, 3.63) is 100 Å². The van der Waals surface area contributed by atoms with E-state index in [2.05, 4.69) is 27.8 Å². The molecule has 0 radical (unpaired) electrons. The van der Waals surface area contributed by atoms with Crippen LogP contribution < -0.4 is 10.6 Å². The lowest BCUT2D eigenvalue weighted by Crippen LogP contribution is -2.32. The monoisotopic (exact) mass is 523 g/mol. The highest BCUT2D eigenvalue weighted by molar-refractivity contribution is 7.98. The number of thioether (sulfide) groups is 1. The van der Waals surface area contributed by atoms with Crippen LogP contribution in [0.15, 0.2) is 71.9 Å². The Morgan fingerprint density at radius 3 is 2.61 bits per heavy atom. The van der Waals surface area contributed by atoms with Gasteiger partial charge < -0.3 is 10.6 Å². The van der Waals surface area contributed by atoms with Crippen LogP contribution in [0.3, 0.4) is 0 Å². The molecule has 6 nitrogen and oxygen atoms in total. The van der Waals surface area contributed by atoms with Gasteiger partial charge in [0.25, 0.3) is 0 Å². The van der Waals surface area contributed by atoms with E-state index in [0.717, 1.165) is 34.5 Å². The Bertz CT molecular complexity index is 1360. The number of amides is 2. The zero-order valence-electron chi connectivity index (χ0n) is 20.3. The van der Waals surface area contributed by atoms with E-state index in [1.165, 1.54) is 23.9 Å². The molecule has 0 aliphatic carbocycles. The van der Waals surface area contributed by atoms with E-state index in [0.29, 0.717) is 21.8 Å². The van der Waals surface area contributed by atoms with Gasteiger partial charge >= 0.3 is 6.03 Å². The molecule has 0 aliphatic rings. The zero-order chi connectivity index (χ0) is 25.7. The van der Waals surface area contributed by atoms with Gasteiger partial charge in [-0.3, -0.25) is 4.57 Å². The van der Waals surface area contributed by atoms with Gasteiger partial charge in [0.15, 0.2) is 11.0 Å². The molecule has 3 aromatic carbocycles. The maximum Gasteiger partial charge on any atom is 0.319 e. The first-order chi connectivity index (χ1) is 17.3. The second-order valence-corrected chi connectivity index (χ2v) is 9.78. The standard InChI is InChI=1S/C27H27ClFN5OS/c1-4-19-6-5-7-23(14-19)31-26(35)30-18(3)25-32-33-27(36-16-20-9-12-22(29)13-10-20)34(25)24-15-21(28)11-8-17(24)2/h5-15,18H,4,16H2,1-3H3,(H2,30,31,35). The summed E-state index contributed by atoms with van der Waals surface area (Å²) < 4.78 is 15.2. The highest BCUT2D eigenvalue weighted by atomic mass is 35.5. The number of carbonyl (C=O) groups is 1. The highest BCUT2D eigenvalue weighted by Crippen LogP contribution is 2.30. The van der Waals surface area contributed by atoms with Crippen LogP contribution in [-0.4, -0.2) is 20.8 Å². The average Bonchev–Trinajstić information content (AvgIpc) is 3.29. The molecule has 1 heterocycles. The lowest BCUT2D eigenvalue weighted by atomic mass is 10.1. The normalized spacial score (nSPS) is 11.8.